The average Bonchev–Trinajstić information content (AvgIpc) is 2.78. The minimum Gasteiger partial charge on any atom is -0.466 e. The van der Waals surface area contributed by atoms with E-state index in [1.54, 1.807) is 24.3 Å². The number of nitro groups is 1. The van der Waals surface area contributed by atoms with Crippen LogP contribution in [-0.4, -0.2) is 41.3 Å². The van der Waals surface area contributed by atoms with E-state index in [2.05, 4.69) is 25.0 Å². The maximum atomic E-state index is 12.0. The summed E-state index contributed by atoms with van der Waals surface area (Å²) >= 11 is 0. The second-order valence-electron chi connectivity index (χ2n) is 6.13. The molecule has 0 amide bonds. The van der Waals surface area contributed by atoms with E-state index in [4.69, 9.17) is 0 Å². The highest BCUT2D eigenvalue weighted by atomic mass is 16.6. The molecule has 0 atom stereocenters. The van der Waals surface area contributed by atoms with Crippen LogP contribution < -0.4 is 10.9 Å². The van der Waals surface area contributed by atoms with Crippen LogP contribution >= 0.6 is 0 Å². The van der Waals surface area contributed by atoms with Gasteiger partial charge in [-0.2, -0.15) is 5.10 Å². The van der Waals surface area contributed by atoms with Gasteiger partial charge in [0, 0.05) is 17.0 Å². The van der Waals surface area contributed by atoms with E-state index in [9.17, 15) is 24.5 Å². The maximum Gasteiger partial charge on any atom is 0.354 e. The summed E-state index contributed by atoms with van der Waals surface area (Å²) in [6.45, 7) is 0. The minimum absolute atomic E-state index is 0.0666. The van der Waals surface area contributed by atoms with Gasteiger partial charge in [0.1, 0.15) is 11.4 Å². The number of hydrogen-bond donors (Lipinski definition) is 2. The molecule has 1 aromatic heterocycles. The van der Waals surface area contributed by atoms with Crippen LogP contribution in [0.3, 0.4) is 0 Å². The Morgan fingerprint density at radius 2 is 1.84 bits per heavy atom. The number of aromatic nitrogens is 2. The highest BCUT2D eigenvalue weighted by molar-refractivity contribution is 5.99. The first-order valence-electron chi connectivity index (χ1n) is 8.77. The molecule has 11 nitrogen and oxygen atoms in total. The van der Waals surface area contributed by atoms with Crippen LogP contribution in [0, 0.1) is 10.1 Å². The van der Waals surface area contributed by atoms with Crippen LogP contribution in [0.25, 0.3) is 22.0 Å². The number of fused-ring (bicyclic) bond motifs is 1. The Hall–Kier alpha value is -4.54. The van der Waals surface area contributed by atoms with Gasteiger partial charge in [0.25, 0.3) is 11.2 Å². The average molecular weight is 424 g/mol. The molecule has 0 aliphatic carbocycles. The van der Waals surface area contributed by atoms with Crippen LogP contribution in [0.2, 0.25) is 0 Å². The first-order chi connectivity index (χ1) is 14.8. The van der Waals surface area contributed by atoms with Gasteiger partial charge >= 0.3 is 11.9 Å². The van der Waals surface area contributed by atoms with Gasteiger partial charge in [0.2, 0.25) is 0 Å². The van der Waals surface area contributed by atoms with Gasteiger partial charge in [-0.15, -0.1) is 0 Å². The van der Waals surface area contributed by atoms with E-state index in [0.717, 1.165) is 20.3 Å². The largest absolute Gasteiger partial charge is 0.466 e. The molecule has 158 valence electrons. The molecular formula is C20H16N4O7. The monoisotopic (exact) mass is 424 g/mol. The highest BCUT2D eigenvalue weighted by Crippen LogP contribution is 2.33. The fourth-order valence-electron chi connectivity index (χ4n) is 2.85. The van der Waals surface area contributed by atoms with Crippen molar-refractivity contribution < 1.29 is 24.0 Å². The van der Waals surface area contributed by atoms with E-state index in [0.29, 0.717) is 22.0 Å². The molecule has 2 aromatic carbocycles. The van der Waals surface area contributed by atoms with Gasteiger partial charge in [-0.25, -0.2) is 14.7 Å². The zero-order valence-corrected chi connectivity index (χ0v) is 16.4. The molecule has 0 saturated carbocycles. The molecule has 2 N–H and O–H groups in total. The van der Waals surface area contributed by atoms with Crippen LogP contribution in [0.1, 0.15) is 0 Å². The number of nitro benzene ring substituents is 1. The van der Waals surface area contributed by atoms with Crippen LogP contribution in [0.5, 0.6) is 0 Å². The molecule has 0 aliphatic heterocycles. The number of anilines is 1. The molecule has 11 heteroatoms. The zero-order chi connectivity index (χ0) is 22.5. The quantitative estimate of drug-likeness (QED) is 0.262. The van der Waals surface area contributed by atoms with Crippen molar-refractivity contribution in [3.05, 3.63) is 74.7 Å². The second-order valence-corrected chi connectivity index (χ2v) is 6.13. The van der Waals surface area contributed by atoms with Gasteiger partial charge in [-0.3, -0.25) is 14.9 Å². The summed E-state index contributed by atoms with van der Waals surface area (Å²) in [4.78, 5) is 46.5. The van der Waals surface area contributed by atoms with Crippen molar-refractivity contribution in [1.29, 1.82) is 0 Å². The number of methoxy groups -OCH3 is 2. The molecule has 3 aromatic rings. The molecule has 1 heterocycles. The molecule has 0 unspecified atom stereocenters. The summed E-state index contributed by atoms with van der Waals surface area (Å²) in [6.07, 6.45) is 0.820. The molecular weight excluding hydrogens is 408 g/mol. The lowest BCUT2D eigenvalue weighted by Crippen LogP contribution is -2.16. The molecule has 0 radical (unpaired) electrons. The summed E-state index contributed by atoms with van der Waals surface area (Å²) < 4.78 is 9.08. The smallest absolute Gasteiger partial charge is 0.354 e. The summed E-state index contributed by atoms with van der Waals surface area (Å²) in [5.41, 5.74) is -0.498. The van der Waals surface area contributed by atoms with E-state index < -0.39 is 22.5 Å². The number of aromatic amines is 1. The third-order valence-corrected chi connectivity index (χ3v) is 4.30. The van der Waals surface area contributed by atoms with Crippen molar-refractivity contribution in [3.63, 3.8) is 0 Å². The van der Waals surface area contributed by atoms with Crippen molar-refractivity contribution in [2.24, 2.45) is 0 Å². The number of carbonyl (C=O) groups is 2. The van der Waals surface area contributed by atoms with Crippen LogP contribution in [0.15, 0.2) is 59.0 Å². The Labute approximate surface area is 174 Å². The van der Waals surface area contributed by atoms with Gasteiger partial charge < -0.3 is 14.8 Å². The standard InChI is InChI=1S/C20H16N4O7/c1-30-17(25)10-15(20(27)31-2)21-14-8-7-11(9-16(14)24(28)29)18-12-5-3-4-6-13(12)19(26)23-22-18/h3-10,21H,1-2H3,(H,23,26)/b15-10+. The highest BCUT2D eigenvalue weighted by Gasteiger charge is 2.21. The number of benzene rings is 2. The second kappa shape index (κ2) is 8.86. The number of nitrogens with zero attached hydrogens (tertiary/aromatic N) is 2. The molecule has 0 saturated heterocycles. The lowest BCUT2D eigenvalue weighted by atomic mass is 10.0. The van der Waals surface area contributed by atoms with E-state index in [-0.39, 0.29) is 16.9 Å². The van der Waals surface area contributed by atoms with Crippen molar-refractivity contribution >= 4 is 34.1 Å². The molecule has 0 bridgehead atoms. The Morgan fingerprint density at radius 1 is 1.13 bits per heavy atom. The Morgan fingerprint density at radius 3 is 2.48 bits per heavy atom. The van der Waals surface area contributed by atoms with Gasteiger partial charge in [0.05, 0.1) is 36.3 Å². The number of carbonyl (C=O) groups excluding carboxylic acids is 2. The normalized spacial score (nSPS) is 11.1. The summed E-state index contributed by atoms with van der Waals surface area (Å²) in [5, 5.41) is 21.5. The van der Waals surface area contributed by atoms with Gasteiger partial charge in [-0.05, 0) is 12.1 Å². The fourth-order valence-corrected chi connectivity index (χ4v) is 2.85. The van der Waals surface area contributed by atoms with Crippen molar-refractivity contribution in [1.82, 2.24) is 10.2 Å². The first kappa shape index (κ1) is 21.2. The Balaban J connectivity index is 2.11. The number of hydrogen-bond acceptors (Lipinski definition) is 9. The van der Waals surface area contributed by atoms with Crippen LogP contribution in [-0.2, 0) is 19.1 Å². The van der Waals surface area contributed by atoms with Gasteiger partial charge in [0.15, 0.2) is 0 Å². The topological polar surface area (TPSA) is 154 Å². The minimum atomic E-state index is -0.919. The number of esters is 2. The maximum absolute atomic E-state index is 12.0. The lowest BCUT2D eigenvalue weighted by molar-refractivity contribution is -0.383. The summed E-state index contributed by atoms with van der Waals surface area (Å²) in [5.74, 6) is -1.77. The summed E-state index contributed by atoms with van der Waals surface area (Å²) in [7, 11) is 2.21. The Bertz CT molecular complexity index is 1280. The molecule has 0 fully saturated rings. The van der Waals surface area contributed by atoms with Crippen molar-refractivity contribution in [3.8, 4) is 11.3 Å². The molecule has 31 heavy (non-hydrogen) atoms. The van der Waals surface area contributed by atoms with E-state index >= 15 is 0 Å². The number of nitrogens with one attached hydrogen (secondary N) is 2. The van der Waals surface area contributed by atoms with Crippen LogP contribution in [0.4, 0.5) is 11.4 Å². The molecule has 0 spiro atoms. The van der Waals surface area contributed by atoms with Crippen molar-refractivity contribution in [2.75, 3.05) is 19.5 Å². The van der Waals surface area contributed by atoms with Crippen molar-refractivity contribution in [2.45, 2.75) is 0 Å². The Kier molecular flexibility index (Phi) is 6.05. The summed E-state index contributed by atoms with van der Waals surface area (Å²) in [6, 6.07) is 10.8. The van der Waals surface area contributed by atoms with E-state index in [1.807, 2.05) is 0 Å². The third kappa shape index (κ3) is 4.40. The zero-order valence-electron chi connectivity index (χ0n) is 16.4. The lowest BCUT2D eigenvalue weighted by Gasteiger charge is -2.11. The molecule has 0 aliphatic rings. The van der Waals surface area contributed by atoms with Gasteiger partial charge in [-0.1, -0.05) is 24.3 Å². The number of rotatable bonds is 6. The number of H-pyrrole nitrogens is 1. The fraction of sp³-hybridized carbons (Fsp3) is 0.100. The third-order valence-electron chi connectivity index (χ3n) is 4.30. The predicted molar refractivity (Wildman–Crippen MR) is 110 cm³/mol. The first-order valence-corrected chi connectivity index (χ1v) is 8.77. The predicted octanol–water partition coefficient (Wildman–Crippen LogP) is 2.14. The molecule has 3 rings (SSSR count). The SMILES string of the molecule is COC(=O)/C=C(/Nc1ccc(-c2n[nH]c(=O)c3ccccc23)cc1[N+](=O)[O-])C(=O)OC. The number of ether oxygens (including phenoxy) is 2. The van der Waals surface area contributed by atoms with E-state index in [1.165, 1.54) is 18.2 Å².